The first-order valence-electron chi connectivity index (χ1n) is 6.64. The molecule has 21 heavy (non-hydrogen) atoms. The van der Waals surface area contributed by atoms with E-state index in [0.29, 0.717) is 5.56 Å². The van der Waals surface area contributed by atoms with E-state index in [4.69, 9.17) is 0 Å². The lowest BCUT2D eigenvalue weighted by molar-refractivity contribution is 0.628. The highest BCUT2D eigenvalue weighted by Crippen LogP contribution is 2.30. The summed E-state index contributed by atoms with van der Waals surface area (Å²) in [4.78, 5) is 0. The molecule has 3 rings (SSSR count). The van der Waals surface area contributed by atoms with Gasteiger partial charge in [0.05, 0.1) is 11.6 Å². The van der Waals surface area contributed by atoms with Crippen LogP contribution in [0.5, 0.6) is 0 Å². The Morgan fingerprint density at radius 2 is 1.71 bits per heavy atom. The molecule has 3 heteroatoms. The van der Waals surface area contributed by atoms with Gasteiger partial charge in [0.2, 0.25) is 0 Å². The zero-order chi connectivity index (χ0) is 14.8. The molecule has 1 N–H and O–H groups in total. The summed E-state index contributed by atoms with van der Waals surface area (Å²) in [5.41, 5.74) is 3.18. The van der Waals surface area contributed by atoms with Crippen molar-refractivity contribution in [2.24, 2.45) is 0 Å². The van der Waals surface area contributed by atoms with Crippen LogP contribution in [0, 0.1) is 24.1 Å². The fourth-order valence-electron chi connectivity index (χ4n) is 2.38. The predicted molar refractivity (Wildman–Crippen MR) is 83.1 cm³/mol. The Balaban J connectivity index is 2.14. The van der Waals surface area contributed by atoms with Gasteiger partial charge in [-0.2, -0.15) is 5.26 Å². The van der Waals surface area contributed by atoms with Crippen LogP contribution in [-0.4, -0.2) is 0 Å². The SMILES string of the molecule is Cc1ccc(F)cc1Nc1ccc(C#N)c2ccccc12. The highest BCUT2D eigenvalue weighted by Gasteiger charge is 2.07. The van der Waals surface area contributed by atoms with Crippen molar-refractivity contribution in [3.8, 4) is 6.07 Å². The molecule has 0 aliphatic carbocycles. The van der Waals surface area contributed by atoms with Crippen LogP contribution in [0.4, 0.5) is 15.8 Å². The first kappa shape index (κ1) is 13.1. The Bertz CT molecular complexity index is 863. The predicted octanol–water partition coefficient (Wildman–Crippen LogP) is 4.90. The van der Waals surface area contributed by atoms with Gasteiger partial charge in [-0.15, -0.1) is 0 Å². The fourth-order valence-corrected chi connectivity index (χ4v) is 2.38. The van der Waals surface area contributed by atoms with Crippen LogP contribution in [0.1, 0.15) is 11.1 Å². The van der Waals surface area contributed by atoms with Crippen molar-refractivity contribution in [2.45, 2.75) is 6.92 Å². The molecular weight excluding hydrogens is 263 g/mol. The van der Waals surface area contributed by atoms with E-state index in [1.165, 1.54) is 12.1 Å². The van der Waals surface area contributed by atoms with Crippen LogP contribution in [0.3, 0.4) is 0 Å². The Hall–Kier alpha value is -2.86. The average Bonchev–Trinajstić information content (AvgIpc) is 2.51. The summed E-state index contributed by atoms with van der Waals surface area (Å²) in [6.45, 7) is 1.92. The molecule has 0 aliphatic rings. The molecule has 0 aliphatic heterocycles. The van der Waals surface area contributed by atoms with Crippen LogP contribution in [0.2, 0.25) is 0 Å². The molecule has 0 spiro atoms. The van der Waals surface area contributed by atoms with Gasteiger partial charge < -0.3 is 5.32 Å². The molecule has 0 heterocycles. The van der Waals surface area contributed by atoms with Crippen LogP contribution in [0.25, 0.3) is 10.8 Å². The maximum atomic E-state index is 13.4. The number of nitriles is 1. The van der Waals surface area contributed by atoms with Gasteiger partial charge in [-0.3, -0.25) is 0 Å². The van der Waals surface area contributed by atoms with Crippen molar-refractivity contribution in [1.82, 2.24) is 0 Å². The number of benzene rings is 3. The number of hydrogen-bond acceptors (Lipinski definition) is 2. The lowest BCUT2D eigenvalue weighted by atomic mass is 10.0. The number of hydrogen-bond donors (Lipinski definition) is 1. The second-order valence-electron chi connectivity index (χ2n) is 4.90. The first-order valence-corrected chi connectivity index (χ1v) is 6.64. The Morgan fingerprint density at radius 1 is 0.952 bits per heavy atom. The van der Waals surface area contributed by atoms with E-state index in [1.807, 2.05) is 37.3 Å². The molecule has 0 atom stereocenters. The summed E-state index contributed by atoms with van der Waals surface area (Å²) in [5.74, 6) is -0.277. The highest BCUT2D eigenvalue weighted by atomic mass is 19.1. The molecule has 0 aromatic heterocycles. The number of nitrogens with one attached hydrogen (secondary N) is 1. The fraction of sp³-hybridized carbons (Fsp3) is 0.0556. The molecule has 0 saturated carbocycles. The minimum absolute atomic E-state index is 0.277. The van der Waals surface area contributed by atoms with E-state index in [2.05, 4.69) is 11.4 Å². The molecule has 0 unspecified atom stereocenters. The van der Waals surface area contributed by atoms with Gasteiger partial charge >= 0.3 is 0 Å². The van der Waals surface area contributed by atoms with Gasteiger partial charge in [0.25, 0.3) is 0 Å². The van der Waals surface area contributed by atoms with Crippen molar-refractivity contribution in [3.63, 3.8) is 0 Å². The second kappa shape index (κ2) is 5.26. The number of nitrogens with zero attached hydrogens (tertiary/aromatic N) is 1. The van der Waals surface area contributed by atoms with Crippen molar-refractivity contribution >= 4 is 22.1 Å². The second-order valence-corrected chi connectivity index (χ2v) is 4.90. The van der Waals surface area contributed by atoms with E-state index in [0.717, 1.165) is 27.7 Å². The monoisotopic (exact) mass is 276 g/mol. The Morgan fingerprint density at radius 3 is 2.48 bits per heavy atom. The van der Waals surface area contributed by atoms with Gasteiger partial charge in [-0.1, -0.05) is 30.3 Å². The summed E-state index contributed by atoms with van der Waals surface area (Å²) >= 11 is 0. The maximum Gasteiger partial charge on any atom is 0.125 e. The number of fused-ring (bicyclic) bond motifs is 1. The van der Waals surface area contributed by atoms with Crippen LogP contribution < -0.4 is 5.32 Å². The average molecular weight is 276 g/mol. The molecule has 0 saturated heterocycles. The standard InChI is InChI=1S/C18H13FN2/c1-12-6-8-14(19)10-18(12)21-17-9-7-13(11-20)15-4-2-3-5-16(15)17/h2-10,21H,1H3. The Kier molecular flexibility index (Phi) is 3.29. The third-order valence-corrected chi connectivity index (χ3v) is 3.51. The molecule has 0 bridgehead atoms. The Labute approximate surface area is 122 Å². The summed E-state index contributed by atoms with van der Waals surface area (Å²) in [5, 5.41) is 14.3. The normalized spacial score (nSPS) is 10.3. The summed E-state index contributed by atoms with van der Waals surface area (Å²) < 4.78 is 13.4. The molecule has 0 amide bonds. The van der Waals surface area contributed by atoms with Crippen molar-refractivity contribution in [1.29, 1.82) is 5.26 Å². The molecule has 102 valence electrons. The smallest absolute Gasteiger partial charge is 0.125 e. The van der Waals surface area contributed by atoms with Crippen molar-refractivity contribution < 1.29 is 4.39 Å². The quantitative estimate of drug-likeness (QED) is 0.722. The topological polar surface area (TPSA) is 35.8 Å². The largest absolute Gasteiger partial charge is 0.355 e. The van der Waals surface area contributed by atoms with Gasteiger partial charge in [0.15, 0.2) is 0 Å². The molecule has 2 nitrogen and oxygen atoms in total. The number of rotatable bonds is 2. The van der Waals surface area contributed by atoms with Crippen LogP contribution >= 0.6 is 0 Å². The zero-order valence-corrected chi connectivity index (χ0v) is 11.5. The molecular formula is C18H13FN2. The zero-order valence-electron chi connectivity index (χ0n) is 11.5. The van der Waals surface area contributed by atoms with Gasteiger partial charge in [-0.05, 0) is 36.8 Å². The van der Waals surface area contributed by atoms with E-state index in [1.54, 1.807) is 12.1 Å². The summed E-state index contributed by atoms with van der Waals surface area (Å²) in [7, 11) is 0. The maximum absolute atomic E-state index is 13.4. The van der Waals surface area contributed by atoms with Crippen molar-refractivity contribution in [3.05, 3.63) is 71.5 Å². The molecule has 0 radical (unpaired) electrons. The van der Waals surface area contributed by atoms with E-state index >= 15 is 0 Å². The number of anilines is 2. The lowest BCUT2D eigenvalue weighted by Crippen LogP contribution is -1.95. The molecule has 3 aromatic rings. The number of halogens is 1. The minimum atomic E-state index is -0.277. The first-order chi connectivity index (χ1) is 10.2. The van der Waals surface area contributed by atoms with Gasteiger partial charge in [-0.25, -0.2) is 4.39 Å². The van der Waals surface area contributed by atoms with E-state index in [9.17, 15) is 9.65 Å². The van der Waals surface area contributed by atoms with Crippen molar-refractivity contribution in [2.75, 3.05) is 5.32 Å². The molecule has 0 fully saturated rings. The summed E-state index contributed by atoms with van der Waals surface area (Å²) in [6.07, 6.45) is 0. The third kappa shape index (κ3) is 2.44. The molecule has 3 aromatic carbocycles. The van der Waals surface area contributed by atoms with Crippen LogP contribution in [-0.2, 0) is 0 Å². The van der Waals surface area contributed by atoms with E-state index < -0.39 is 0 Å². The van der Waals surface area contributed by atoms with Gasteiger partial charge in [0, 0.05) is 22.1 Å². The minimum Gasteiger partial charge on any atom is -0.355 e. The van der Waals surface area contributed by atoms with E-state index in [-0.39, 0.29) is 5.82 Å². The van der Waals surface area contributed by atoms with Crippen LogP contribution in [0.15, 0.2) is 54.6 Å². The third-order valence-electron chi connectivity index (χ3n) is 3.51. The summed E-state index contributed by atoms with van der Waals surface area (Å²) in [6, 6.07) is 18.2. The lowest BCUT2D eigenvalue weighted by Gasteiger charge is -2.13. The van der Waals surface area contributed by atoms with Gasteiger partial charge in [0.1, 0.15) is 5.82 Å². The highest BCUT2D eigenvalue weighted by molar-refractivity contribution is 5.98. The number of aryl methyl sites for hydroxylation is 1.